The molecule has 1 rings (SSSR count). The predicted octanol–water partition coefficient (Wildman–Crippen LogP) is 2.47. The highest BCUT2D eigenvalue weighted by molar-refractivity contribution is 9.10. The number of carboxylic acid groups (broad SMARTS) is 1. The molecule has 1 aromatic carbocycles. The van der Waals surface area contributed by atoms with Crippen LogP contribution in [0.3, 0.4) is 0 Å². The summed E-state index contributed by atoms with van der Waals surface area (Å²) in [6, 6.07) is 9.56. The van der Waals surface area contributed by atoms with Crippen molar-refractivity contribution in [2.75, 3.05) is 0 Å². The molecule has 1 aromatic rings. The van der Waals surface area contributed by atoms with Gasteiger partial charge in [-0.3, -0.25) is 4.79 Å². The molecular weight excluding hydrogens is 232 g/mol. The van der Waals surface area contributed by atoms with Crippen molar-refractivity contribution in [2.45, 2.75) is 17.7 Å². The van der Waals surface area contributed by atoms with Gasteiger partial charge in [0, 0.05) is 0 Å². The van der Waals surface area contributed by atoms with E-state index in [0.29, 0.717) is 6.42 Å². The number of hydrogen-bond acceptors (Lipinski definition) is 1. The van der Waals surface area contributed by atoms with Crippen LogP contribution < -0.4 is 0 Å². The van der Waals surface area contributed by atoms with Gasteiger partial charge in [0.05, 0.1) is 0 Å². The molecule has 0 aromatic heterocycles. The van der Waals surface area contributed by atoms with Crippen LogP contribution in [0.15, 0.2) is 30.3 Å². The minimum atomic E-state index is -0.867. The van der Waals surface area contributed by atoms with Crippen LogP contribution in [0, 0.1) is 0 Å². The minimum Gasteiger partial charge on any atom is -0.480 e. The lowest BCUT2D eigenvalue weighted by atomic mass is 10.0. The lowest BCUT2D eigenvalue weighted by Crippen LogP contribution is -2.30. The summed E-state index contributed by atoms with van der Waals surface area (Å²) in [5.74, 6) is -0.837. The summed E-state index contributed by atoms with van der Waals surface area (Å²) in [6.07, 6.45) is 0.489. The van der Waals surface area contributed by atoms with E-state index < -0.39 is 10.3 Å². The second-order valence-corrected chi connectivity index (χ2v) is 4.92. The first-order chi connectivity index (χ1) is 6.02. The Labute approximate surface area is 85.7 Å². The molecule has 0 aliphatic carbocycles. The fourth-order valence-electron chi connectivity index (χ4n) is 1.05. The van der Waals surface area contributed by atoms with Gasteiger partial charge in [0.15, 0.2) is 0 Å². The molecule has 0 radical (unpaired) electrons. The summed E-state index contributed by atoms with van der Waals surface area (Å²) >= 11 is 3.18. The molecule has 13 heavy (non-hydrogen) atoms. The van der Waals surface area contributed by atoms with Gasteiger partial charge in [-0.05, 0) is 18.9 Å². The van der Waals surface area contributed by atoms with Gasteiger partial charge in [-0.1, -0.05) is 46.3 Å². The van der Waals surface area contributed by atoms with Gasteiger partial charge < -0.3 is 5.11 Å². The summed E-state index contributed by atoms with van der Waals surface area (Å²) in [5, 5.41) is 8.86. The summed E-state index contributed by atoms with van der Waals surface area (Å²) in [7, 11) is 0. The van der Waals surface area contributed by atoms with Crippen molar-refractivity contribution in [1.29, 1.82) is 0 Å². The van der Waals surface area contributed by atoms with E-state index in [-0.39, 0.29) is 0 Å². The Hall–Kier alpha value is -0.830. The number of hydrogen-bond donors (Lipinski definition) is 1. The molecule has 1 atom stereocenters. The Kier molecular flexibility index (Phi) is 3.09. The third-order valence-corrected chi connectivity index (χ3v) is 2.44. The van der Waals surface area contributed by atoms with Crippen molar-refractivity contribution in [1.82, 2.24) is 0 Å². The average Bonchev–Trinajstić information content (AvgIpc) is 2.05. The van der Waals surface area contributed by atoms with E-state index in [1.165, 1.54) is 0 Å². The first kappa shape index (κ1) is 10.3. The molecular formula is C10H11BrO2. The lowest BCUT2D eigenvalue weighted by molar-refractivity contribution is -0.139. The number of carboxylic acids is 1. The second-order valence-electron chi connectivity index (χ2n) is 3.16. The second kappa shape index (κ2) is 3.92. The van der Waals surface area contributed by atoms with Gasteiger partial charge in [-0.2, -0.15) is 0 Å². The van der Waals surface area contributed by atoms with Crippen LogP contribution in [0.2, 0.25) is 0 Å². The first-order valence-corrected chi connectivity index (χ1v) is 4.78. The smallest absolute Gasteiger partial charge is 0.320 e. The molecule has 0 heterocycles. The van der Waals surface area contributed by atoms with Crippen LogP contribution >= 0.6 is 15.9 Å². The lowest BCUT2D eigenvalue weighted by Gasteiger charge is -2.16. The van der Waals surface area contributed by atoms with Gasteiger partial charge >= 0.3 is 5.97 Å². The van der Waals surface area contributed by atoms with Crippen LogP contribution in [0.25, 0.3) is 0 Å². The molecule has 0 spiro atoms. The third kappa shape index (κ3) is 2.84. The van der Waals surface area contributed by atoms with Crippen LogP contribution in [0.5, 0.6) is 0 Å². The Balaban J connectivity index is 2.75. The number of rotatable bonds is 3. The highest BCUT2D eigenvalue weighted by atomic mass is 79.9. The van der Waals surface area contributed by atoms with Crippen molar-refractivity contribution in [3.8, 4) is 0 Å². The Morgan fingerprint density at radius 2 is 2.00 bits per heavy atom. The largest absolute Gasteiger partial charge is 0.480 e. The van der Waals surface area contributed by atoms with E-state index in [1.54, 1.807) is 6.92 Å². The zero-order chi connectivity index (χ0) is 9.90. The van der Waals surface area contributed by atoms with Crippen molar-refractivity contribution in [3.63, 3.8) is 0 Å². The third-order valence-electron chi connectivity index (χ3n) is 1.82. The van der Waals surface area contributed by atoms with Gasteiger partial charge in [0.25, 0.3) is 0 Å². The van der Waals surface area contributed by atoms with Gasteiger partial charge in [0.2, 0.25) is 0 Å². The molecule has 0 saturated carbocycles. The van der Waals surface area contributed by atoms with Crippen LogP contribution in [0.4, 0.5) is 0 Å². The summed E-state index contributed by atoms with van der Waals surface area (Å²) in [6.45, 7) is 1.66. The van der Waals surface area contributed by atoms with E-state index in [2.05, 4.69) is 15.9 Å². The summed E-state index contributed by atoms with van der Waals surface area (Å²) in [4.78, 5) is 10.8. The highest BCUT2D eigenvalue weighted by Gasteiger charge is 2.29. The van der Waals surface area contributed by atoms with Crippen molar-refractivity contribution in [3.05, 3.63) is 35.9 Å². The maximum Gasteiger partial charge on any atom is 0.320 e. The molecule has 1 unspecified atom stereocenters. The normalized spacial score (nSPS) is 14.9. The van der Waals surface area contributed by atoms with E-state index >= 15 is 0 Å². The maximum absolute atomic E-state index is 10.8. The Morgan fingerprint density at radius 1 is 1.46 bits per heavy atom. The van der Waals surface area contributed by atoms with Gasteiger partial charge in [-0.15, -0.1) is 0 Å². The summed E-state index contributed by atoms with van der Waals surface area (Å²) in [5.41, 5.74) is 1.02. The number of alkyl halides is 1. The van der Waals surface area contributed by atoms with Crippen molar-refractivity contribution in [2.24, 2.45) is 0 Å². The molecule has 0 fully saturated rings. The Morgan fingerprint density at radius 3 is 2.46 bits per heavy atom. The monoisotopic (exact) mass is 242 g/mol. The molecule has 0 bridgehead atoms. The van der Waals surface area contributed by atoms with E-state index in [4.69, 9.17) is 5.11 Å². The van der Waals surface area contributed by atoms with Crippen LogP contribution in [-0.2, 0) is 11.2 Å². The fraction of sp³-hybridized carbons (Fsp3) is 0.300. The van der Waals surface area contributed by atoms with Crippen molar-refractivity contribution >= 4 is 21.9 Å². The van der Waals surface area contributed by atoms with Gasteiger partial charge in [-0.25, -0.2) is 0 Å². The molecule has 70 valence electrons. The zero-order valence-corrected chi connectivity index (χ0v) is 8.91. The Bertz CT molecular complexity index is 293. The topological polar surface area (TPSA) is 37.3 Å². The zero-order valence-electron chi connectivity index (χ0n) is 7.33. The number of benzene rings is 1. The molecule has 0 amide bonds. The van der Waals surface area contributed by atoms with Crippen LogP contribution in [-0.4, -0.2) is 15.4 Å². The van der Waals surface area contributed by atoms with Crippen LogP contribution in [0.1, 0.15) is 12.5 Å². The quantitative estimate of drug-likeness (QED) is 0.828. The molecule has 3 heteroatoms. The van der Waals surface area contributed by atoms with Gasteiger partial charge in [0.1, 0.15) is 4.32 Å². The maximum atomic E-state index is 10.8. The first-order valence-electron chi connectivity index (χ1n) is 3.98. The highest BCUT2D eigenvalue weighted by Crippen LogP contribution is 2.22. The van der Waals surface area contributed by atoms with E-state index in [9.17, 15) is 4.79 Å². The van der Waals surface area contributed by atoms with E-state index in [0.717, 1.165) is 5.56 Å². The molecule has 0 saturated heterocycles. The number of aliphatic carboxylic acids is 1. The molecule has 0 aliphatic rings. The number of halogens is 1. The minimum absolute atomic E-state index is 0.489. The SMILES string of the molecule is CC(Br)(Cc1ccccc1)C(=O)O. The molecule has 1 N–H and O–H groups in total. The van der Waals surface area contributed by atoms with Crippen molar-refractivity contribution < 1.29 is 9.90 Å². The predicted molar refractivity (Wildman–Crippen MR) is 55.1 cm³/mol. The standard InChI is InChI=1S/C10H11BrO2/c1-10(11,9(12)13)7-8-5-3-2-4-6-8/h2-6H,7H2,1H3,(H,12,13). The average molecular weight is 243 g/mol. The van der Waals surface area contributed by atoms with E-state index in [1.807, 2.05) is 30.3 Å². The molecule has 0 aliphatic heterocycles. The molecule has 2 nitrogen and oxygen atoms in total. The summed E-state index contributed by atoms with van der Waals surface area (Å²) < 4.78 is -0.867. The number of carbonyl (C=O) groups is 1. The fourth-order valence-corrected chi connectivity index (χ4v) is 1.38.